The van der Waals surface area contributed by atoms with Crippen molar-refractivity contribution in [1.29, 1.82) is 0 Å². The summed E-state index contributed by atoms with van der Waals surface area (Å²) >= 11 is 0. The largest absolute Gasteiger partial charge is 0.493 e. The lowest BCUT2D eigenvalue weighted by molar-refractivity contribution is -0.129. The average molecular weight is 342 g/mol. The summed E-state index contributed by atoms with van der Waals surface area (Å²) in [6, 6.07) is 14.3. The van der Waals surface area contributed by atoms with Gasteiger partial charge in [-0.2, -0.15) is 0 Å². The van der Waals surface area contributed by atoms with Crippen LogP contribution >= 0.6 is 0 Å². The van der Waals surface area contributed by atoms with Crippen LogP contribution in [0.15, 0.2) is 48.5 Å². The highest BCUT2D eigenvalue weighted by atomic mass is 16.5. The lowest BCUT2D eigenvalue weighted by Gasteiger charge is -2.20. The molecule has 0 atom stereocenters. The number of nitrogens with zero attached hydrogens (tertiary/aromatic N) is 1. The van der Waals surface area contributed by atoms with E-state index in [1.165, 1.54) is 4.90 Å². The number of ether oxygens (including phenoxy) is 2. The third-order valence-electron chi connectivity index (χ3n) is 3.75. The van der Waals surface area contributed by atoms with E-state index in [1.54, 1.807) is 51.6 Å². The van der Waals surface area contributed by atoms with Crippen molar-refractivity contribution < 1.29 is 19.1 Å². The van der Waals surface area contributed by atoms with Crippen molar-refractivity contribution in [2.24, 2.45) is 0 Å². The van der Waals surface area contributed by atoms with E-state index in [0.717, 1.165) is 5.56 Å². The third-order valence-corrected chi connectivity index (χ3v) is 3.75. The summed E-state index contributed by atoms with van der Waals surface area (Å²) in [5.74, 6) is 0.728. The summed E-state index contributed by atoms with van der Waals surface area (Å²) in [4.78, 5) is 25.8. The van der Waals surface area contributed by atoms with E-state index in [0.29, 0.717) is 23.6 Å². The number of likely N-dealkylation sites (N-methyl/N-ethyl adjacent to an activating group) is 1. The number of hydrogen-bond acceptors (Lipinski definition) is 4. The number of hydrogen-bond donors (Lipinski definition) is 1. The van der Waals surface area contributed by atoms with Crippen molar-refractivity contribution >= 4 is 11.8 Å². The topological polar surface area (TPSA) is 67.9 Å². The van der Waals surface area contributed by atoms with Gasteiger partial charge < -0.3 is 19.7 Å². The van der Waals surface area contributed by atoms with Gasteiger partial charge in [0.05, 0.1) is 20.8 Å². The molecule has 0 saturated carbocycles. The van der Waals surface area contributed by atoms with Gasteiger partial charge in [0.25, 0.3) is 5.91 Å². The highest BCUT2D eigenvalue weighted by Gasteiger charge is 2.15. The molecule has 132 valence electrons. The predicted molar refractivity (Wildman–Crippen MR) is 94.8 cm³/mol. The number of para-hydroxylation sites is 1. The monoisotopic (exact) mass is 342 g/mol. The molecule has 0 heterocycles. The zero-order chi connectivity index (χ0) is 18.2. The van der Waals surface area contributed by atoms with Crippen LogP contribution in [0.5, 0.6) is 11.5 Å². The lowest BCUT2D eigenvalue weighted by Crippen LogP contribution is -2.37. The minimum atomic E-state index is -0.277. The fourth-order valence-corrected chi connectivity index (χ4v) is 2.40. The van der Waals surface area contributed by atoms with Gasteiger partial charge in [-0.1, -0.05) is 30.3 Å². The van der Waals surface area contributed by atoms with Gasteiger partial charge in [0.1, 0.15) is 0 Å². The van der Waals surface area contributed by atoms with E-state index in [2.05, 4.69) is 5.32 Å². The number of carbonyl (C=O) groups is 2. The maximum Gasteiger partial charge on any atom is 0.251 e. The molecule has 1 N–H and O–H groups in total. The van der Waals surface area contributed by atoms with Crippen molar-refractivity contribution in [3.8, 4) is 11.5 Å². The van der Waals surface area contributed by atoms with E-state index in [9.17, 15) is 9.59 Å². The SMILES string of the molecule is COc1cccc(CN(C)C(=O)CNC(=O)c2ccccc2)c1OC. The minimum Gasteiger partial charge on any atom is -0.493 e. The molecule has 2 rings (SSSR count). The molecule has 0 spiro atoms. The minimum absolute atomic E-state index is 0.0729. The molecule has 2 aromatic carbocycles. The molecule has 2 amide bonds. The molecule has 0 unspecified atom stereocenters. The molecule has 0 aliphatic heterocycles. The Kier molecular flexibility index (Phi) is 6.39. The standard InChI is InChI=1S/C19H22N2O4/c1-21(13-15-10-7-11-16(24-2)18(15)25-3)17(22)12-20-19(23)14-8-5-4-6-9-14/h4-11H,12-13H2,1-3H3,(H,20,23). The Morgan fingerprint density at radius 2 is 1.72 bits per heavy atom. The Labute approximate surface area is 147 Å². The van der Waals surface area contributed by atoms with Crippen LogP contribution in [0.25, 0.3) is 0 Å². The predicted octanol–water partition coefficient (Wildman–Crippen LogP) is 2.09. The van der Waals surface area contributed by atoms with Gasteiger partial charge in [-0.25, -0.2) is 0 Å². The first-order valence-electron chi connectivity index (χ1n) is 7.84. The molecular formula is C19H22N2O4. The highest BCUT2D eigenvalue weighted by Crippen LogP contribution is 2.31. The first-order valence-corrected chi connectivity index (χ1v) is 7.84. The van der Waals surface area contributed by atoms with Crippen molar-refractivity contribution in [2.45, 2.75) is 6.54 Å². The van der Waals surface area contributed by atoms with Crippen LogP contribution in [0.1, 0.15) is 15.9 Å². The van der Waals surface area contributed by atoms with Gasteiger partial charge in [0.2, 0.25) is 5.91 Å². The Balaban J connectivity index is 1.96. The Hall–Kier alpha value is -3.02. The second kappa shape index (κ2) is 8.73. The van der Waals surface area contributed by atoms with E-state index < -0.39 is 0 Å². The summed E-state index contributed by atoms with van der Waals surface area (Å²) in [6.07, 6.45) is 0. The number of rotatable bonds is 7. The molecule has 0 aromatic heterocycles. The smallest absolute Gasteiger partial charge is 0.251 e. The fourth-order valence-electron chi connectivity index (χ4n) is 2.40. The van der Waals surface area contributed by atoms with Crippen LogP contribution in [-0.2, 0) is 11.3 Å². The van der Waals surface area contributed by atoms with Gasteiger partial charge in [0.15, 0.2) is 11.5 Å². The zero-order valence-corrected chi connectivity index (χ0v) is 14.6. The van der Waals surface area contributed by atoms with Crippen LogP contribution in [0, 0.1) is 0 Å². The fraction of sp³-hybridized carbons (Fsp3) is 0.263. The van der Waals surface area contributed by atoms with Crippen LogP contribution in [0.2, 0.25) is 0 Å². The number of carbonyl (C=O) groups excluding carboxylic acids is 2. The van der Waals surface area contributed by atoms with Gasteiger partial charge in [-0.15, -0.1) is 0 Å². The second-order valence-corrected chi connectivity index (χ2v) is 5.45. The summed E-state index contributed by atoms with van der Waals surface area (Å²) in [5.41, 5.74) is 1.35. The summed E-state index contributed by atoms with van der Waals surface area (Å²) in [5, 5.41) is 2.63. The van der Waals surface area contributed by atoms with E-state index >= 15 is 0 Å². The Morgan fingerprint density at radius 3 is 2.36 bits per heavy atom. The number of nitrogens with one attached hydrogen (secondary N) is 1. The highest BCUT2D eigenvalue weighted by molar-refractivity contribution is 5.96. The third kappa shape index (κ3) is 4.73. The zero-order valence-electron chi connectivity index (χ0n) is 14.6. The first-order chi connectivity index (χ1) is 12.1. The van der Waals surface area contributed by atoms with Crippen LogP contribution in [-0.4, -0.2) is 44.5 Å². The summed E-state index contributed by atoms with van der Waals surface area (Å²) in [6.45, 7) is 0.275. The molecule has 2 aromatic rings. The molecule has 0 radical (unpaired) electrons. The summed E-state index contributed by atoms with van der Waals surface area (Å²) < 4.78 is 10.6. The molecule has 0 fully saturated rings. The van der Waals surface area contributed by atoms with Crippen molar-refractivity contribution in [3.05, 3.63) is 59.7 Å². The van der Waals surface area contributed by atoms with Gasteiger partial charge >= 0.3 is 0 Å². The number of benzene rings is 2. The van der Waals surface area contributed by atoms with Crippen molar-refractivity contribution in [3.63, 3.8) is 0 Å². The second-order valence-electron chi connectivity index (χ2n) is 5.45. The van der Waals surface area contributed by atoms with Gasteiger partial charge in [-0.3, -0.25) is 9.59 Å². The van der Waals surface area contributed by atoms with E-state index in [-0.39, 0.29) is 18.4 Å². The molecule has 0 bridgehead atoms. The molecule has 6 nitrogen and oxygen atoms in total. The molecule has 6 heteroatoms. The van der Waals surface area contributed by atoms with E-state index in [1.807, 2.05) is 18.2 Å². The lowest BCUT2D eigenvalue weighted by atomic mass is 10.1. The number of methoxy groups -OCH3 is 2. The molecule has 0 aliphatic rings. The molecule has 25 heavy (non-hydrogen) atoms. The quantitative estimate of drug-likeness (QED) is 0.837. The number of amides is 2. The van der Waals surface area contributed by atoms with Crippen LogP contribution < -0.4 is 14.8 Å². The molecule has 0 saturated heterocycles. The summed E-state index contributed by atoms with van der Waals surface area (Å²) in [7, 11) is 4.80. The maximum absolute atomic E-state index is 12.3. The molecule has 0 aliphatic carbocycles. The van der Waals surface area contributed by atoms with Crippen molar-refractivity contribution in [1.82, 2.24) is 10.2 Å². The Morgan fingerprint density at radius 1 is 1.00 bits per heavy atom. The first kappa shape index (κ1) is 18.3. The normalized spacial score (nSPS) is 10.0. The average Bonchev–Trinajstić information content (AvgIpc) is 2.66. The van der Waals surface area contributed by atoms with Gasteiger partial charge in [0, 0.05) is 24.7 Å². The van der Waals surface area contributed by atoms with Crippen molar-refractivity contribution in [2.75, 3.05) is 27.8 Å². The van der Waals surface area contributed by atoms with Crippen LogP contribution in [0.3, 0.4) is 0 Å². The van der Waals surface area contributed by atoms with E-state index in [4.69, 9.17) is 9.47 Å². The van der Waals surface area contributed by atoms with Gasteiger partial charge in [-0.05, 0) is 18.2 Å². The molecular weight excluding hydrogens is 320 g/mol. The van der Waals surface area contributed by atoms with Crippen LogP contribution in [0.4, 0.5) is 0 Å². The Bertz CT molecular complexity index is 731. The maximum atomic E-state index is 12.3.